The SMILES string of the molecule is CC(C)(C)OC(=O)NCc1cn2cnnc2c(-c2ccc(C(F)(F)F)cc2)n1. The first-order valence-corrected chi connectivity index (χ1v) is 8.37. The number of rotatable bonds is 3. The Morgan fingerprint density at radius 1 is 1.18 bits per heavy atom. The number of alkyl carbamates (subject to hydrolysis) is 1. The second-order valence-corrected chi connectivity index (χ2v) is 7.07. The van der Waals surface area contributed by atoms with Gasteiger partial charge >= 0.3 is 12.3 Å². The summed E-state index contributed by atoms with van der Waals surface area (Å²) in [7, 11) is 0. The molecule has 1 aromatic carbocycles. The second-order valence-electron chi connectivity index (χ2n) is 7.07. The van der Waals surface area contributed by atoms with E-state index in [0.717, 1.165) is 12.1 Å². The average molecular weight is 393 g/mol. The number of hydrogen-bond acceptors (Lipinski definition) is 5. The highest BCUT2D eigenvalue weighted by Crippen LogP contribution is 2.31. The van der Waals surface area contributed by atoms with Crippen LogP contribution in [0.5, 0.6) is 0 Å². The van der Waals surface area contributed by atoms with Gasteiger partial charge in [0.2, 0.25) is 0 Å². The van der Waals surface area contributed by atoms with Gasteiger partial charge in [0.15, 0.2) is 5.65 Å². The van der Waals surface area contributed by atoms with Crippen LogP contribution in [0, 0.1) is 0 Å². The van der Waals surface area contributed by atoms with Crippen molar-refractivity contribution in [3.8, 4) is 11.3 Å². The first-order chi connectivity index (χ1) is 13.0. The molecule has 1 amide bonds. The van der Waals surface area contributed by atoms with E-state index in [9.17, 15) is 18.0 Å². The van der Waals surface area contributed by atoms with Crippen molar-refractivity contribution in [2.75, 3.05) is 0 Å². The minimum atomic E-state index is -4.42. The summed E-state index contributed by atoms with van der Waals surface area (Å²) in [5, 5.41) is 10.4. The van der Waals surface area contributed by atoms with Gasteiger partial charge in [-0.2, -0.15) is 13.2 Å². The maximum atomic E-state index is 12.8. The van der Waals surface area contributed by atoms with Crippen molar-refractivity contribution in [2.24, 2.45) is 0 Å². The van der Waals surface area contributed by atoms with Gasteiger partial charge in [0, 0.05) is 11.8 Å². The minimum Gasteiger partial charge on any atom is -0.444 e. The highest BCUT2D eigenvalue weighted by molar-refractivity contribution is 5.73. The van der Waals surface area contributed by atoms with E-state index < -0.39 is 23.4 Å². The third-order valence-electron chi connectivity index (χ3n) is 3.63. The molecule has 0 fully saturated rings. The van der Waals surface area contributed by atoms with Crippen LogP contribution in [-0.2, 0) is 17.5 Å². The molecule has 3 aromatic rings. The molecule has 0 saturated carbocycles. The van der Waals surface area contributed by atoms with Crippen LogP contribution in [0.2, 0.25) is 0 Å². The minimum absolute atomic E-state index is 0.0661. The number of hydrogen-bond donors (Lipinski definition) is 1. The summed E-state index contributed by atoms with van der Waals surface area (Å²) < 4.78 is 45.1. The molecule has 28 heavy (non-hydrogen) atoms. The Balaban J connectivity index is 1.88. The van der Waals surface area contributed by atoms with Gasteiger partial charge in [-0.1, -0.05) is 12.1 Å². The fourth-order valence-corrected chi connectivity index (χ4v) is 2.46. The highest BCUT2D eigenvalue weighted by Gasteiger charge is 2.30. The van der Waals surface area contributed by atoms with Crippen molar-refractivity contribution < 1.29 is 22.7 Å². The lowest BCUT2D eigenvalue weighted by molar-refractivity contribution is -0.137. The van der Waals surface area contributed by atoms with Gasteiger partial charge in [0.05, 0.1) is 17.8 Å². The Hall–Kier alpha value is -3.17. The van der Waals surface area contributed by atoms with Crippen LogP contribution in [0.3, 0.4) is 0 Å². The molecule has 2 aromatic heterocycles. The summed E-state index contributed by atoms with van der Waals surface area (Å²) in [5.41, 5.74) is 0.270. The zero-order valence-corrected chi connectivity index (χ0v) is 15.4. The molecule has 1 N–H and O–H groups in total. The van der Waals surface area contributed by atoms with E-state index in [2.05, 4.69) is 20.5 Å². The second kappa shape index (κ2) is 7.10. The fraction of sp³-hybridized carbons (Fsp3) is 0.333. The number of carbonyl (C=O) groups excluding carboxylic acids is 1. The molecule has 0 aliphatic carbocycles. The Kier molecular flexibility index (Phi) is 4.97. The van der Waals surface area contributed by atoms with Crippen LogP contribution >= 0.6 is 0 Å². The fourth-order valence-electron chi connectivity index (χ4n) is 2.46. The first-order valence-electron chi connectivity index (χ1n) is 8.37. The van der Waals surface area contributed by atoms with Crippen LogP contribution < -0.4 is 5.32 Å². The molecule has 0 aliphatic heterocycles. The number of ether oxygens (including phenoxy) is 1. The quantitative estimate of drug-likeness (QED) is 0.731. The van der Waals surface area contributed by atoms with Crippen LogP contribution in [0.4, 0.5) is 18.0 Å². The number of amides is 1. The number of nitrogens with zero attached hydrogens (tertiary/aromatic N) is 4. The molecule has 2 heterocycles. The van der Waals surface area contributed by atoms with E-state index in [1.807, 2.05) is 0 Å². The van der Waals surface area contributed by atoms with Gasteiger partial charge in [-0.3, -0.25) is 4.40 Å². The summed E-state index contributed by atoms with van der Waals surface area (Å²) in [4.78, 5) is 16.3. The zero-order chi connectivity index (χ0) is 20.5. The smallest absolute Gasteiger partial charge is 0.416 e. The molecule has 0 unspecified atom stereocenters. The topological polar surface area (TPSA) is 81.4 Å². The first kappa shape index (κ1) is 19.6. The molecule has 0 spiro atoms. The molecule has 0 bridgehead atoms. The van der Waals surface area contributed by atoms with Gasteiger partial charge in [-0.25, -0.2) is 9.78 Å². The normalized spacial score (nSPS) is 12.2. The van der Waals surface area contributed by atoms with E-state index in [1.165, 1.54) is 18.5 Å². The maximum absolute atomic E-state index is 12.8. The van der Waals surface area contributed by atoms with Gasteiger partial charge in [0.1, 0.15) is 17.6 Å². The van der Waals surface area contributed by atoms with Gasteiger partial charge in [-0.05, 0) is 32.9 Å². The molecule has 10 heteroatoms. The van der Waals surface area contributed by atoms with E-state index in [1.54, 1.807) is 31.4 Å². The summed E-state index contributed by atoms with van der Waals surface area (Å²) in [6.07, 6.45) is -1.95. The number of fused-ring (bicyclic) bond motifs is 1. The number of aromatic nitrogens is 4. The Bertz CT molecular complexity index is 991. The van der Waals surface area contributed by atoms with E-state index in [0.29, 0.717) is 22.6 Å². The average Bonchev–Trinajstić information content (AvgIpc) is 3.05. The molecule has 0 saturated heterocycles. The van der Waals surface area contributed by atoms with Gasteiger partial charge in [-0.15, -0.1) is 10.2 Å². The number of nitrogens with one attached hydrogen (secondary N) is 1. The lowest BCUT2D eigenvalue weighted by Crippen LogP contribution is -2.32. The third kappa shape index (κ3) is 4.56. The monoisotopic (exact) mass is 393 g/mol. The molecule has 0 atom stereocenters. The molecule has 7 nitrogen and oxygen atoms in total. The summed E-state index contributed by atoms with van der Waals surface area (Å²) >= 11 is 0. The van der Waals surface area contributed by atoms with Crippen molar-refractivity contribution in [1.82, 2.24) is 24.9 Å². The van der Waals surface area contributed by atoms with Crippen molar-refractivity contribution in [1.29, 1.82) is 0 Å². The number of halogens is 3. The largest absolute Gasteiger partial charge is 0.444 e. The number of benzene rings is 1. The lowest BCUT2D eigenvalue weighted by atomic mass is 10.1. The van der Waals surface area contributed by atoms with E-state index in [-0.39, 0.29) is 6.54 Å². The lowest BCUT2D eigenvalue weighted by Gasteiger charge is -2.19. The number of alkyl halides is 3. The van der Waals surface area contributed by atoms with Gasteiger partial charge in [0.25, 0.3) is 0 Å². The highest BCUT2D eigenvalue weighted by atomic mass is 19.4. The van der Waals surface area contributed by atoms with Crippen LogP contribution in [0.25, 0.3) is 16.9 Å². The Morgan fingerprint density at radius 2 is 1.86 bits per heavy atom. The summed E-state index contributed by atoms with van der Waals surface area (Å²) in [6.45, 7) is 5.31. The molecule has 0 radical (unpaired) electrons. The Morgan fingerprint density at radius 3 is 2.46 bits per heavy atom. The van der Waals surface area contributed by atoms with Crippen molar-refractivity contribution in [3.63, 3.8) is 0 Å². The zero-order valence-electron chi connectivity index (χ0n) is 15.4. The molecule has 3 rings (SSSR count). The maximum Gasteiger partial charge on any atom is 0.416 e. The molecular formula is C18H18F3N5O2. The standard InChI is InChI=1S/C18H18F3N5O2/c1-17(2,3)28-16(27)22-8-13-9-26-10-23-25-15(26)14(24-13)11-4-6-12(7-5-11)18(19,20)21/h4-7,9-10H,8H2,1-3H3,(H,22,27). The van der Waals surface area contributed by atoms with Crippen LogP contribution in [0.15, 0.2) is 36.8 Å². The summed E-state index contributed by atoms with van der Waals surface area (Å²) in [5.74, 6) is 0. The van der Waals surface area contributed by atoms with Crippen LogP contribution in [-0.4, -0.2) is 31.3 Å². The van der Waals surface area contributed by atoms with Crippen molar-refractivity contribution >= 4 is 11.7 Å². The predicted molar refractivity (Wildman–Crippen MR) is 94.3 cm³/mol. The van der Waals surface area contributed by atoms with Gasteiger partial charge < -0.3 is 10.1 Å². The molecule has 148 valence electrons. The number of carbonyl (C=O) groups is 1. The Labute approximate surface area is 158 Å². The molecule has 0 aliphatic rings. The van der Waals surface area contributed by atoms with Crippen LogP contribution in [0.1, 0.15) is 32.0 Å². The molecular weight excluding hydrogens is 375 g/mol. The van der Waals surface area contributed by atoms with E-state index in [4.69, 9.17) is 4.74 Å². The van der Waals surface area contributed by atoms with Crippen molar-refractivity contribution in [2.45, 2.75) is 39.1 Å². The summed E-state index contributed by atoms with van der Waals surface area (Å²) in [6, 6.07) is 4.61. The van der Waals surface area contributed by atoms with E-state index >= 15 is 0 Å². The predicted octanol–water partition coefficient (Wildman–Crippen LogP) is 3.83. The van der Waals surface area contributed by atoms with Crippen molar-refractivity contribution in [3.05, 3.63) is 48.0 Å². The third-order valence-corrected chi connectivity index (χ3v) is 3.63.